The van der Waals surface area contributed by atoms with E-state index in [1.807, 2.05) is 42.5 Å². The molecule has 4 rings (SSSR count). The SMILES string of the molecule is O=C(NCc1ccc(Cl)cc1)c1ccc(Nc2cccc3cccnc23)nc1. The van der Waals surface area contributed by atoms with Crippen LogP contribution in [0.3, 0.4) is 0 Å². The zero-order valence-corrected chi connectivity index (χ0v) is 15.6. The quantitative estimate of drug-likeness (QED) is 0.507. The van der Waals surface area contributed by atoms with E-state index in [2.05, 4.69) is 20.6 Å². The van der Waals surface area contributed by atoms with E-state index in [4.69, 9.17) is 11.6 Å². The molecule has 0 aliphatic heterocycles. The molecule has 4 aromatic rings. The zero-order valence-electron chi connectivity index (χ0n) is 14.9. The van der Waals surface area contributed by atoms with E-state index >= 15 is 0 Å². The van der Waals surface area contributed by atoms with Gasteiger partial charge in [0.25, 0.3) is 5.91 Å². The van der Waals surface area contributed by atoms with Crippen LogP contribution in [0.1, 0.15) is 15.9 Å². The lowest BCUT2D eigenvalue weighted by Crippen LogP contribution is -2.22. The third kappa shape index (κ3) is 4.10. The molecule has 0 fully saturated rings. The molecule has 138 valence electrons. The van der Waals surface area contributed by atoms with Gasteiger partial charge in [0.15, 0.2) is 0 Å². The molecule has 6 heteroatoms. The van der Waals surface area contributed by atoms with Gasteiger partial charge in [-0.2, -0.15) is 0 Å². The highest BCUT2D eigenvalue weighted by atomic mass is 35.5. The van der Waals surface area contributed by atoms with Gasteiger partial charge < -0.3 is 10.6 Å². The van der Waals surface area contributed by atoms with Crippen molar-refractivity contribution in [1.82, 2.24) is 15.3 Å². The number of amides is 1. The number of benzene rings is 2. The third-order valence-electron chi connectivity index (χ3n) is 4.29. The second kappa shape index (κ2) is 8.06. The van der Waals surface area contributed by atoms with Crippen LogP contribution in [0.15, 0.2) is 79.1 Å². The van der Waals surface area contributed by atoms with E-state index in [1.54, 1.807) is 36.7 Å². The second-order valence-corrected chi connectivity index (χ2v) is 6.68. The Morgan fingerprint density at radius 1 is 0.929 bits per heavy atom. The highest BCUT2D eigenvalue weighted by molar-refractivity contribution is 6.30. The normalized spacial score (nSPS) is 10.6. The molecule has 2 aromatic carbocycles. The lowest BCUT2D eigenvalue weighted by Gasteiger charge is -2.09. The van der Waals surface area contributed by atoms with Crippen molar-refractivity contribution in [3.05, 3.63) is 95.3 Å². The second-order valence-electron chi connectivity index (χ2n) is 6.25. The highest BCUT2D eigenvalue weighted by Crippen LogP contribution is 2.23. The van der Waals surface area contributed by atoms with Gasteiger partial charge >= 0.3 is 0 Å². The van der Waals surface area contributed by atoms with Crippen LogP contribution in [0.25, 0.3) is 10.9 Å². The first-order chi connectivity index (χ1) is 13.7. The number of carbonyl (C=O) groups excluding carboxylic acids is 1. The van der Waals surface area contributed by atoms with Crippen LogP contribution in [0.2, 0.25) is 5.02 Å². The molecule has 5 nitrogen and oxygen atoms in total. The molecular weight excluding hydrogens is 372 g/mol. The summed E-state index contributed by atoms with van der Waals surface area (Å²) in [6, 6.07) is 20.7. The number of nitrogens with zero attached hydrogens (tertiary/aromatic N) is 2. The first kappa shape index (κ1) is 17.9. The Morgan fingerprint density at radius 2 is 1.75 bits per heavy atom. The van der Waals surface area contributed by atoms with E-state index < -0.39 is 0 Å². The minimum atomic E-state index is -0.180. The fourth-order valence-corrected chi connectivity index (χ4v) is 2.96. The molecule has 2 N–H and O–H groups in total. The zero-order chi connectivity index (χ0) is 19.3. The van der Waals surface area contributed by atoms with Crippen molar-refractivity contribution in [1.29, 1.82) is 0 Å². The predicted molar refractivity (Wildman–Crippen MR) is 112 cm³/mol. The number of rotatable bonds is 5. The Balaban J connectivity index is 1.43. The van der Waals surface area contributed by atoms with Crippen LogP contribution < -0.4 is 10.6 Å². The van der Waals surface area contributed by atoms with Crippen LogP contribution in [0, 0.1) is 0 Å². The van der Waals surface area contributed by atoms with Gasteiger partial charge in [-0.05, 0) is 42.0 Å². The van der Waals surface area contributed by atoms with Gasteiger partial charge in [0.05, 0.1) is 16.8 Å². The lowest BCUT2D eigenvalue weighted by molar-refractivity contribution is 0.0950. The summed E-state index contributed by atoms with van der Waals surface area (Å²) in [5.41, 5.74) is 3.21. The van der Waals surface area contributed by atoms with Gasteiger partial charge in [-0.15, -0.1) is 0 Å². The number of carbonyl (C=O) groups is 1. The topological polar surface area (TPSA) is 66.9 Å². The van der Waals surface area contributed by atoms with E-state index in [0.717, 1.165) is 22.2 Å². The third-order valence-corrected chi connectivity index (χ3v) is 4.54. The number of anilines is 2. The predicted octanol–water partition coefficient (Wildman–Crippen LogP) is 4.96. The number of para-hydroxylation sites is 1. The first-order valence-electron chi connectivity index (χ1n) is 8.78. The summed E-state index contributed by atoms with van der Waals surface area (Å²) in [5, 5.41) is 7.85. The molecule has 0 bridgehead atoms. The maximum Gasteiger partial charge on any atom is 0.253 e. The minimum Gasteiger partial charge on any atom is -0.348 e. The number of halogens is 1. The van der Waals surface area contributed by atoms with Crippen LogP contribution in [0.4, 0.5) is 11.5 Å². The molecule has 0 atom stereocenters. The summed E-state index contributed by atoms with van der Waals surface area (Å²) in [4.78, 5) is 21.1. The Bertz CT molecular complexity index is 1110. The van der Waals surface area contributed by atoms with Gasteiger partial charge in [-0.3, -0.25) is 9.78 Å². The number of fused-ring (bicyclic) bond motifs is 1. The average molecular weight is 389 g/mol. The van der Waals surface area contributed by atoms with E-state index in [0.29, 0.717) is 22.9 Å². The number of hydrogen-bond donors (Lipinski definition) is 2. The molecule has 1 amide bonds. The van der Waals surface area contributed by atoms with E-state index in [1.165, 1.54) is 0 Å². The molecule has 2 heterocycles. The van der Waals surface area contributed by atoms with Crippen molar-refractivity contribution in [3.63, 3.8) is 0 Å². The number of aromatic nitrogens is 2. The first-order valence-corrected chi connectivity index (χ1v) is 9.16. The number of hydrogen-bond acceptors (Lipinski definition) is 4. The van der Waals surface area contributed by atoms with Crippen molar-refractivity contribution in [2.75, 3.05) is 5.32 Å². The van der Waals surface area contributed by atoms with Crippen LogP contribution in [0.5, 0.6) is 0 Å². The maximum atomic E-state index is 12.3. The molecule has 2 aromatic heterocycles. The van der Waals surface area contributed by atoms with E-state index in [9.17, 15) is 4.79 Å². The minimum absolute atomic E-state index is 0.180. The molecule has 28 heavy (non-hydrogen) atoms. The molecule has 0 saturated carbocycles. The molecule has 0 spiro atoms. The molecule has 0 unspecified atom stereocenters. The summed E-state index contributed by atoms with van der Waals surface area (Å²) in [5.74, 6) is 0.466. The molecule has 0 aliphatic carbocycles. The Labute approximate surface area is 167 Å². The van der Waals surface area contributed by atoms with Crippen LogP contribution >= 0.6 is 11.6 Å². The van der Waals surface area contributed by atoms with Gasteiger partial charge in [0.1, 0.15) is 5.82 Å². The largest absolute Gasteiger partial charge is 0.348 e. The van der Waals surface area contributed by atoms with Gasteiger partial charge in [0.2, 0.25) is 0 Å². The smallest absolute Gasteiger partial charge is 0.253 e. The maximum absolute atomic E-state index is 12.3. The standard InChI is InChI=1S/C22H17ClN4O/c23-18-9-6-15(7-10-18)13-26-22(28)17-8-11-20(25-14-17)27-19-5-1-3-16-4-2-12-24-21(16)19/h1-12,14H,13H2,(H,25,27)(H,26,28). The lowest BCUT2D eigenvalue weighted by atomic mass is 10.2. The van der Waals surface area contributed by atoms with Gasteiger partial charge in [-0.25, -0.2) is 4.98 Å². The molecular formula is C22H17ClN4O. The highest BCUT2D eigenvalue weighted by Gasteiger charge is 2.07. The van der Waals surface area contributed by atoms with Crippen LogP contribution in [-0.2, 0) is 6.54 Å². The average Bonchev–Trinajstić information content (AvgIpc) is 2.74. The number of nitrogens with one attached hydrogen (secondary N) is 2. The Morgan fingerprint density at radius 3 is 2.54 bits per heavy atom. The fraction of sp³-hybridized carbons (Fsp3) is 0.0455. The fourth-order valence-electron chi connectivity index (χ4n) is 2.83. The van der Waals surface area contributed by atoms with Crippen molar-refractivity contribution >= 4 is 39.9 Å². The molecule has 0 radical (unpaired) electrons. The summed E-state index contributed by atoms with van der Waals surface area (Å²) >= 11 is 5.87. The Kier molecular flexibility index (Phi) is 5.17. The van der Waals surface area contributed by atoms with Crippen LogP contribution in [-0.4, -0.2) is 15.9 Å². The van der Waals surface area contributed by atoms with Crippen molar-refractivity contribution in [2.45, 2.75) is 6.54 Å². The number of pyridine rings is 2. The Hall–Kier alpha value is -3.44. The van der Waals surface area contributed by atoms with Crippen molar-refractivity contribution in [2.24, 2.45) is 0 Å². The molecule has 0 saturated heterocycles. The summed E-state index contributed by atoms with van der Waals surface area (Å²) in [7, 11) is 0. The monoisotopic (exact) mass is 388 g/mol. The molecule has 0 aliphatic rings. The van der Waals surface area contributed by atoms with Crippen molar-refractivity contribution in [3.8, 4) is 0 Å². The summed E-state index contributed by atoms with van der Waals surface area (Å²) < 4.78 is 0. The van der Waals surface area contributed by atoms with Gasteiger partial charge in [-0.1, -0.05) is 41.9 Å². The summed E-state index contributed by atoms with van der Waals surface area (Å²) in [6.07, 6.45) is 3.31. The van der Waals surface area contributed by atoms with Crippen molar-refractivity contribution < 1.29 is 4.79 Å². The van der Waals surface area contributed by atoms with Gasteiger partial charge in [0, 0.05) is 29.3 Å². The summed E-state index contributed by atoms with van der Waals surface area (Å²) in [6.45, 7) is 0.428. The van der Waals surface area contributed by atoms with E-state index in [-0.39, 0.29) is 5.91 Å².